The second kappa shape index (κ2) is 3.74. The molecule has 1 atom stereocenters. The van der Waals surface area contributed by atoms with E-state index in [1.165, 1.54) is 0 Å². The molecule has 3 nitrogen and oxygen atoms in total. The molecule has 1 N–H and O–H groups in total. The van der Waals surface area contributed by atoms with Crippen molar-refractivity contribution >= 4 is 23.3 Å². The molecule has 15 heavy (non-hydrogen) atoms. The Morgan fingerprint density at radius 3 is 3.00 bits per heavy atom. The van der Waals surface area contributed by atoms with E-state index in [9.17, 15) is 4.79 Å². The third-order valence-corrected chi connectivity index (χ3v) is 3.07. The number of carboxylic acid groups (broad SMARTS) is 1. The van der Waals surface area contributed by atoms with E-state index in [2.05, 4.69) is 0 Å². The lowest BCUT2D eigenvalue weighted by Crippen LogP contribution is -2.30. The summed E-state index contributed by atoms with van der Waals surface area (Å²) in [5, 5.41) is 9.73. The molecule has 1 aliphatic heterocycles. The van der Waals surface area contributed by atoms with Gasteiger partial charge in [0, 0.05) is 24.3 Å². The molecule has 1 unspecified atom stereocenters. The zero-order valence-electron chi connectivity index (χ0n) is 8.40. The molecule has 0 bridgehead atoms. The first-order valence-electron chi connectivity index (χ1n) is 4.83. The molecule has 0 radical (unpaired) electrons. The van der Waals surface area contributed by atoms with Crippen LogP contribution in [-0.2, 0) is 4.79 Å². The lowest BCUT2D eigenvalue weighted by Gasteiger charge is -2.31. The fourth-order valence-corrected chi connectivity index (χ4v) is 2.16. The van der Waals surface area contributed by atoms with E-state index >= 15 is 0 Å². The molecule has 1 aromatic carbocycles. The lowest BCUT2D eigenvalue weighted by molar-refractivity contribution is -0.139. The summed E-state index contributed by atoms with van der Waals surface area (Å²) in [7, 11) is 1.95. The summed E-state index contributed by atoms with van der Waals surface area (Å²) >= 11 is 5.90. The summed E-state index contributed by atoms with van der Waals surface area (Å²) in [4.78, 5) is 13.1. The fraction of sp³-hybridized carbons (Fsp3) is 0.364. The van der Waals surface area contributed by atoms with Crippen LogP contribution < -0.4 is 4.90 Å². The summed E-state index contributed by atoms with van der Waals surface area (Å²) in [6.07, 6.45) is 0.653. The third kappa shape index (κ3) is 1.79. The summed E-state index contributed by atoms with van der Waals surface area (Å²) in [6, 6.07) is 5.38. The number of hydrogen-bond donors (Lipinski definition) is 1. The van der Waals surface area contributed by atoms with Crippen molar-refractivity contribution in [3.05, 3.63) is 28.8 Å². The van der Waals surface area contributed by atoms with E-state index < -0.39 is 11.9 Å². The fourth-order valence-electron chi connectivity index (χ4n) is 2.00. The molecule has 0 aromatic heterocycles. The Labute approximate surface area is 93.3 Å². The molecular weight excluding hydrogens is 214 g/mol. The van der Waals surface area contributed by atoms with Crippen molar-refractivity contribution in [1.29, 1.82) is 0 Å². The first-order chi connectivity index (χ1) is 7.09. The van der Waals surface area contributed by atoms with Crippen LogP contribution in [0.2, 0.25) is 5.02 Å². The molecule has 80 valence electrons. The van der Waals surface area contributed by atoms with E-state index in [0.717, 1.165) is 17.8 Å². The van der Waals surface area contributed by atoms with Gasteiger partial charge in [0.2, 0.25) is 0 Å². The lowest BCUT2D eigenvalue weighted by atomic mass is 9.90. The summed E-state index contributed by atoms with van der Waals surface area (Å²) < 4.78 is 0. The smallest absolute Gasteiger partial charge is 0.311 e. The molecule has 0 saturated heterocycles. The van der Waals surface area contributed by atoms with E-state index in [4.69, 9.17) is 16.7 Å². The average molecular weight is 226 g/mol. The highest BCUT2D eigenvalue weighted by molar-refractivity contribution is 6.30. The quantitative estimate of drug-likeness (QED) is 0.798. The number of nitrogens with zero attached hydrogens (tertiary/aromatic N) is 1. The van der Waals surface area contributed by atoms with Crippen molar-refractivity contribution in [2.75, 3.05) is 18.5 Å². The van der Waals surface area contributed by atoms with Gasteiger partial charge in [-0.2, -0.15) is 0 Å². The van der Waals surface area contributed by atoms with Gasteiger partial charge in [-0.05, 0) is 24.1 Å². The zero-order chi connectivity index (χ0) is 11.0. The molecule has 0 spiro atoms. The number of anilines is 1. The monoisotopic (exact) mass is 225 g/mol. The van der Waals surface area contributed by atoms with Crippen LogP contribution in [0.5, 0.6) is 0 Å². The molecule has 1 aliphatic rings. The van der Waals surface area contributed by atoms with Gasteiger partial charge in [0.15, 0.2) is 0 Å². The molecule has 4 heteroatoms. The van der Waals surface area contributed by atoms with Gasteiger partial charge >= 0.3 is 5.97 Å². The van der Waals surface area contributed by atoms with E-state index in [0.29, 0.717) is 11.4 Å². The Morgan fingerprint density at radius 1 is 1.60 bits per heavy atom. The molecular formula is C11H12ClNO2. The molecule has 1 aromatic rings. The van der Waals surface area contributed by atoms with Crippen LogP contribution in [-0.4, -0.2) is 24.7 Å². The molecule has 0 amide bonds. The average Bonchev–Trinajstić information content (AvgIpc) is 2.19. The Kier molecular flexibility index (Phi) is 2.57. The minimum atomic E-state index is -0.758. The van der Waals surface area contributed by atoms with Crippen LogP contribution in [0.4, 0.5) is 5.69 Å². The number of hydrogen-bond acceptors (Lipinski definition) is 2. The second-order valence-electron chi connectivity index (χ2n) is 3.80. The highest BCUT2D eigenvalue weighted by Crippen LogP contribution is 2.36. The normalized spacial score (nSPS) is 19.9. The number of halogens is 1. The molecule has 2 rings (SSSR count). The molecule has 0 aliphatic carbocycles. The first kappa shape index (κ1) is 10.3. The highest BCUT2D eigenvalue weighted by atomic mass is 35.5. The van der Waals surface area contributed by atoms with Crippen molar-refractivity contribution in [2.45, 2.75) is 12.3 Å². The number of aliphatic carboxylic acids is 1. The zero-order valence-corrected chi connectivity index (χ0v) is 9.16. The van der Waals surface area contributed by atoms with E-state index in [1.54, 1.807) is 6.07 Å². The van der Waals surface area contributed by atoms with Crippen molar-refractivity contribution in [2.24, 2.45) is 0 Å². The van der Waals surface area contributed by atoms with Gasteiger partial charge in [0.1, 0.15) is 0 Å². The maximum Gasteiger partial charge on any atom is 0.311 e. The number of carboxylic acids is 1. The largest absolute Gasteiger partial charge is 0.481 e. The maximum absolute atomic E-state index is 11.1. The SMILES string of the molecule is CN1CCC(C(=O)O)c2ccc(Cl)cc21. The van der Waals surface area contributed by atoms with Gasteiger partial charge in [-0.1, -0.05) is 17.7 Å². The van der Waals surface area contributed by atoms with E-state index in [1.807, 2.05) is 24.1 Å². The van der Waals surface area contributed by atoms with Gasteiger partial charge in [-0.3, -0.25) is 4.79 Å². The van der Waals surface area contributed by atoms with Crippen LogP contribution in [0, 0.1) is 0 Å². The van der Waals surface area contributed by atoms with Crippen molar-refractivity contribution in [3.63, 3.8) is 0 Å². The number of fused-ring (bicyclic) bond motifs is 1. The highest BCUT2D eigenvalue weighted by Gasteiger charge is 2.28. The van der Waals surface area contributed by atoms with Gasteiger partial charge in [0.05, 0.1) is 5.92 Å². The predicted octanol–water partition coefficient (Wildman–Crippen LogP) is 2.35. The standard InChI is InChI=1S/C11H12ClNO2/c1-13-5-4-9(11(14)15)8-3-2-7(12)6-10(8)13/h2-3,6,9H,4-5H2,1H3,(H,14,15). The summed E-state index contributed by atoms with van der Waals surface area (Å²) in [5.41, 5.74) is 1.79. The summed E-state index contributed by atoms with van der Waals surface area (Å²) in [5.74, 6) is -1.15. The predicted molar refractivity (Wildman–Crippen MR) is 59.7 cm³/mol. The number of rotatable bonds is 1. The maximum atomic E-state index is 11.1. The van der Waals surface area contributed by atoms with Gasteiger partial charge in [-0.15, -0.1) is 0 Å². The molecule has 0 fully saturated rings. The second-order valence-corrected chi connectivity index (χ2v) is 4.24. The third-order valence-electron chi connectivity index (χ3n) is 2.83. The van der Waals surface area contributed by atoms with Crippen LogP contribution >= 0.6 is 11.6 Å². The first-order valence-corrected chi connectivity index (χ1v) is 5.21. The van der Waals surface area contributed by atoms with Crippen molar-refractivity contribution in [3.8, 4) is 0 Å². The topological polar surface area (TPSA) is 40.5 Å². The molecule has 0 saturated carbocycles. The van der Waals surface area contributed by atoms with E-state index in [-0.39, 0.29) is 0 Å². The van der Waals surface area contributed by atoms with Crippen LogP contribution in [0.3, 0.4) is 0 Å². The van der Waals surface area contributed by atoms with Crippen LogP contribution in [0.25, 0.3) is 0 Å². The number of benzene rings is 1. The molecule has 1 heterocycles. The van der Waals surface area contributed by atoms with Crippen molar-refractivity contribution in [1.82, 2.24) is 0 Å². The van der Waals surface area contributed by atoms with Crippen LogP contribution in [0.1, 0.15) is 17.9 Å². The Hall–Kier alpha value is -1.22. The van der Waals surface area contributed by atoms with Crippen LogP contribution in [0.15, 0.2) is 18.2 Å². The minimum absolute atomic E-state index is 0.395. The van der Waals surface area contributed by atoms with Gasteiger partial charge < -0.3 is 10.0 Å². The Balaban J connectivity index is 2.50. The Morgan fingerprint density at radius 2 is 2.33 bits per heavy atom. The Bertz CT molecular complexity index is 406. The minimum Gasteiger partial charge on any atom is -0.481 e. The van der Waals surface area contributed by atoms with Gasteiger partial charge in [-0.25, -0.2) is 0 Å². The summed E-state index contributed by atoms with van der Waals surface area (Å²) in [6.45, 7) is 0.754. The van der Waals surface area contributed by atoms with Crippen molar-refractivity contribution < 1.29 is 9.90 Å². The number of carbonyl (C=O) groups is 1. The van der Waals surface area contributed by atoms with Gasteiger partial charge in [0.25, 0.3) is 0 Å².